The van der Waals surface area contributed by atoms with E-state index in [1.807, 2.05) is 32.9 Å². The number of hydrogen-bond donors (Lipinski definition) is 1. The minimum Gasteiger partial charge on any atom is -0.488 e. The number of benzene rings is 1. The molecule has 2 rings (SSSR count). The van der Waals surface area contributed by atoms with Crippen molar-refractivity contribution in [3.63, 3.8) is 0 Å². The molecule has 0 radical (unpaired) electrons. The predicted molar refractivity (Wildman–Crippen MR) is 75.8 cm³/mol. The van der Waals surface area contributed by atoms with E-state index in [2.05, 4.69) is 15.6 Å². The summed E-state index contributed by atoms with van der Waals surface area (Å²) in [4.78, 5) is 11.9. The number of aryl methyl sites for hydroxylation is 1. The number of ether oxygens (including phenoxy) is 1. The summed E-state index contributed by atoms with van der Waals surface area (Å²) in [6.45, 7) is 5.95. The number of carbonyl (C=O) groups is 1. The molecule has 0 saturated carbocycles. The third kappa shape index (κ3) is 3.81. The van der Waals surface area contributed by atoms with Crippen molar-refractivity contribution in [2.75, 3.05) is 5.32 Å². The average molecular weight is 274 g/mol. The van der Waals surface area contributed by atoms with Crippen molar-refractivity contribution >= 4 is 11.6 Å². The van der Waals surface area contributed by atoms with Gasteiger partial charge in [-0.1, -0.05) is 5.21 Å². The fraction of sp³-hybridized carbons (Fsp3) is 0.357. The van der Waals surface area contributed by atoms with Crippen molar-refractivity contribution in [2.24, 2.45) is 7.05 Å². The molecule has 2 aromatic rings. The number of aromatic nitrogens is 3. The molecule has 1 aromatic heterocycles. The van der Waals surface area contributed by atoms with Gasteiger partial charge in [0.05, 0.1) is 6.20 Å². The Morgan fingerprint density at radius 2 is 1.90 bits per heavy atom. The molecule has 6 nitrogen and oxygen atoms in total. The maximum atomic E-state index is 11.9. The molecule has 1 heterocycles. The Morgan fingerprint density at radius 3 is 2.40 bits per heavy atom. The molecular formula is C14H18N4O2. The van der Waals surface area contributed by atoms with Gasteiger partial charge in [-0.25, -0.2) is 0 Å². The third-order valence-corrected chi connectivity index (χ3v) is 2.37. The summed E-state index contributed by atoms with van der Waals surface area (Å²) in [5.74, 6) is 0.470. The van der Waals surface area contributed by atoms with E-state index in [1.54, 1.807) is 25.4 Å². The smallest absolute Gasteiger partial charge is 0.277 e. The summed E-state index contributed by atoms with van der Waals surface area (Å²) in [5.41, 5.74) is 0.717. The molecule has 0 aliphatic rings. The van der Waals surface area contributed by atoms with Crippen molar-refractivity contribution < 1.29 is 9.53 Å². The zero-order valence-corrected chi connectivity index (χ0v) is 12.0. The van der Waals surface area contributed by atoms with Crippen LogP contribution in [0, 0.1) is 0 Å². The van der Waals surface area contributed by atoms with Gasteiger partial charge >= 0.3 is 0 Å². The number of anilines is 1. The van der Waals surface area contributed by atoms with Gasteiger partial charge in [0.2, 0.25) is 0 Å². The topological polar surface area (TPSA) is 69.0 Å². The van der Waals surface area contributed by atoms with Gasteiger partial charge in [0.15, 0.2) is 5.69 Å². The van der Waals surface area contributed by atoms with Crippen LogP contribution in [0.1, 0.15) is 31.3 Å². The van der Waals surface area contributed by atoms with Crippen LogP contribution in [0.25, 0.3) is 0 Å². The molecule has 1 aromatic carbocycles. The van der Waals surface area contributed by atoms with Crippen LogP contribution < -0.4 is 10.1 Å². The number of nitrogens with zero attached hydrogens (tertiary/aromatic N) is 3. The highest BCUT2D eigenvalue weighted by atomic mass is 16.5. The van der Waals surface area contributed by atoms with Crippen LogP contribution in [0.15, 0.2) is 30.5 Å². The van der Waals surface area contributed by atoms with E-state index in [9.17, 15) is 4.79 Å². The molecule has 106 valence electrons. The van der Waals surface area contributed by atoms with Crippen molar-refractivity contribution in [3.8, 4) is 5.75 Å². The quantitative estimate of drug-likeness (QED) is 0.932. The van der Waals surface area contributed by atoms with E-state index in [4.69, 9.17) is 4.74 Å². The van der Waals surface area contributed by atoms with Crippen LogP contribution in [-0.4, -0.2) is 26.5 Å². The molecular weight excluding hydrogens is 256 g/mol. The largest absolute Gasteiger partial charge is 0.488 e. The van der Waals surface area contributed by atoms with Crippen LogP contribution in [0.3, 0.4) is 0 Å². The third-order valence-electron chi connectivity index (χ3n) is 2.37. The highest BCUT2D eigenvalue weighted by Gasteiger charge is 2.12. The molecule has 0 fully saturated rings. The van der Waals surface area contributed by atoms with Crippen molar-refractivity contribution in [2.45, 2.75) is 26.4 Å². The van der Waals surface area contributed by atoms with Crippen LogP contribution in [0.4, 0.5) is 5.69 Å². The van der Waals surface area contributed by atoms with E-state index in [1.165, 1.54) is 4.68 Å². The first-order chi connectivity index (χ1) is 9.33. The number of nitrogens with one attached hydrogen (secondary N) is 1. The molecule has 0 unspecified atom stereocenters. The van der Waals surface area contributed by atoms with Gasteiger partial charge in [-0.3, -0.25) is 9.48 Å². The molecule has 0 aliphatic carbocycles. The molecule has 1 N–H and O–H groups in total. The van der Waals surface area contributed by atoms with Gasteiger partial charge in [-0.2, -0.15) is 0 Å². The first-order valence-corrected chi connectivity index (χ1v) is 6.30. The molecule has 20 heavy (non-hydrogen) atoms. The van der Waals surface area contributed by atoms with Crippen molar-refractivity contribution in [1.29, 1.82) is 0 Å². The maximum absolute atomic E-state index is 11.9. The molecule has 0 aliphatic heterocycles. The van der Waals surface area contributed by atoms with Crippen LogP contribution in [0.5, 0.6) is 5.75 Å². The predicted octanol–water partition coefficient (Wildman–Crippen LogP) is 2.24. The van der Waals surface area contributed by atoms with E-state index in [0.29, 0.717) is 5.69 Å². The van der Waals surface area contributed by atoms with Gasteiger partial charge in [0.25, 0.3) is 5.91 Å². The fourth-order valence-electron chi connectivity index (χ4n) is 1.61. The average Bonchev–Trinajstić information content (AvgIpc) is 2.77. The summed E-state index contributed by atoms with van der Waals surface area (Å²) in [7, 11) is 1.71. The van der Waals surface area contributed by atoms with Crippen molar-refractivity contribution in [1.82, 2.24) is 15.0 Å². The first kappa shape index (κ1) is 14.0. The Kier molecular flexibility index (Phi) is 3.74. The van der Waals surface area contributed by atoms with E-state index < -0.39 is 0 Å². The monoisotopic (exact) mass is 274 g/mol. The SMILES string of the molecule is Cn1cc(C(=O)Nc2ccc(OC(C)(C)C)cc2)nn1. The zero-order valence-electron chi connectivity index (χ0n) is 12.0. The molecule has 0 bridgehead atoms. The standard InChI is InChI=1S/C14H18N4O2/c1-14(2,3)20-11-7-5-10(6-8-11)15-13(19)12-9-18(4)17-16-12/h5-9H,1-4H3,(H,15,19). The highest BCUT2D eigenvalue weighted by molar-refractivity contribution is 6.02. The Bertz CT molecular complexity index is 596. The van der Waals surface area contributed by atoms with Gasteiger partial charge in [0.1, 0.15) is 11.4 Å². The minimum atomic E-state index is -0.289. The summed E-state index contributed by atoms with van der Waals surface area (Å²) < 4.78 is 7.19. The van der Waals surface area contributed by atoms with Gasteiger partial charge in [0, 0.05) is 12.7 Å². The highest BCUT2D eigenvalue weighted by Crippen LogP contribution is 2.20. The number of carbonyl (C=O) groups excluding carboxylic acids is 1. The molecule has 1 amide bonds. The summed E-state index contributed by atoms with van der Waals surface area (Å²) in [5, 5.41) is 10.2. The Morgan fingerprint density at radius 1 is 1.25 bits per heavy atom. The molecule has 0 saturated heterocycles. The van der Waals surface area contributed by atoms with E-state index >= 15 is 0 Å². The number of hydrogen-bond acceptors (Lipinski definition) is 4. The van der Waals surface area contributed by atoms with Gasteiger partial charge < -0.3 is 10.1 Å². The second-order valence-corrected chi connectivity index (χ2v) is 5.47. The lowest BCUT2D eigenvalue weighted by atomic mass is 10.2. The fourth-order valence-corrected chi connectivity index (χ4v) is 1.61. The van der Waals surface area contributed by atoms with Crippen LogP contribution in [-0.2, 0) is 7.05 Å². The molecule has 6 heteroatoms. The molecule has 0 atom stereocenters. The van der Waals surface area contributed by atoms with Crippen LogP contribution >= 0.6 is 0 Å². The number of rotatable bonds is 3. The zero-order chi connectivity index (χ0) is 14.8. The Labute approximate surface area is 117 Å². The number of amides is 1. The Balaban J connectivity index is 2.02. The minimum absolute atomic E-state index is 0.246. The van der Waals surface area contributed by atoms with E-state index in [0.717, 1.165) is 5.75 Å². The lowest BCUT2D eigenvalue weighted by Crippen LogP contribution is -2.22. The van der Waals surface area contributed by atoms with E-state index in [-0.39, 0.29) is 17.2 Å². The summed E-state index contributed by atoms with van der Waals surface area (Å²) >= 11 is 0. The second kappa shape index (κ2) is 5.32. The normalized spacial score (nSPS) is 11.2. The molecule has 0 spiro atoms. The lowest BCUT2D eigenvalue weighted by molar-refractivity contribution is 0.102. The van der Waals surface area contributed by atoms with Crippen LogP contribution in [0.2, 0.25) is 0 Å². The second-order valence-electron chi connectivity index (χ2n) is 5.47. The Hall–Kier alpha value is -2.37. The summed E-state index contributed by atoms with van der Waals surface area (Å²) in [6.07, 6.45) is 1.56. The van der Waals surface area contributed by atoms with Gasteiger partial charge in [-0.15, -0.1) is 5.10 Å². The van der Waals surface area contributed by atoms with Gasteiger partial charge in [-0.05, 0) is 45.0 Å². The van der Waals surface area contributed by atoms with Crippen molar-refractivity contribution in [3.05, 3.63) is 36.2 Å². The maximum Gasteiger partial charge on any atom is 0.277 e. The summed E-state index contributed by atoms with van der Waals surface area (Å²) in [6, 6.07) is 7.21. The first-order valence-electron chi connectivity index (χ1n) is 6.30. The lowest BCUT2D eigenvalue weighted by Gasteiger charge is -2.21.